The highest BCUT2D eigenvalue weighted by Gasteiger charge is 2.34. The van der Waals surface area contributed by atoms with Crippen LogP contribution in [0.25, 0.3) is 6.08 Å². The standard InChI is InChI=1S/C19H17NO2S2/c1-12-7-8-13(2)16(9-12)20-18(21)17(24-19(20)23)11-14-5-4-6-15(10-14)22-3/h4-11H,1-3H3/b17-11-. The van der Waals surface area contributed by atoms with E-state index < -0.39 is 0 Å². The van der Waals surface area contributed by atoms with E-state index in [-0.39, 0.29) is 5.91 Å². The molecular weight excluding hydrogens is 338 g/mol. The van der Waals surface area contributed by atoms with E-state index in [0.29, 0.717) is 9.23 Å². The van der Waals surface area contributed by atoms with Crippen molar-refractivity contribution in [3.8, 4) is 5.75 Å². The molecule has 3 nitrogen and oxygen atoms in total. The second-order valence-electron chi connectivity index (χ2n) is 5.58. The van der Waals surface area contributed by atoms with E-state index in [9.17, 15) is 4.79 Å². The first-order valence-corrected chi connectivity index (χ1v) is 8.71. The summed E-state index contributed by atoms with van der Waals surface area (Å²) >= 11 is 6.77. The van der Waals surface area contributed by atoms with Crippen LogP contribution in [0, 0.1) is 13.8 Å². The number of methoxy groups -OCH3 is 1. The summed E-state index contributed by atoms with van der Waals surface area (Å²) < 4.78 is 5.79. The third kappa shape index (κ3) is 3.23. The van der Waals surface area contributed by atoms with Gasteiger partial charge in [0.05, 0.1) is 17.7 Å². The minimum Gasteiger partial charge on any atom is -0.497 e. The minimum absolute atomic E-state index is 0.0819. The van der Waals surface area contributed by atoms with Crippen LogP contribution in [-0.2, 0) is 4.79 Å². The second kappa shape index (κ2) is 6.79. The van der Waals surface area contributed by atoms with Gasteiger partial charge in [0.2, 0.25) is 0 Å². The molecule has 24 heavy (non-hydrogen) atoms. The molecule has 0 saturated carbocycles. The number of hydrogen-bond acceptors (Lipinski definition) is 4. The Labute approximate surface area is 151 Å². The maximum Gasteiger partial charge on any atom is 0.270 e. The molecule has 0 bridgehead atoms. The number of thiocarbonyl (C=S) groups is 1. The number of rotatable bonds is 3. The largest absolute Gasteiger partial charge is 0.497 e. The third-order valence-corrected chi connectivity index (χ3v) is 5.09. The number of carbonyl (C=O) groups is 1. The van der Waals surface area contributed by atoms with Crippen molar-refractivity contribution in [2.24, 2.45) is 0 Å². The zero-order valence-electron chi connectivity index (χ0n) is 13.7. The van der Waals surface area contributed by atoms with E-state index in [2.05, 4.69) is 0 Å². The molecule has 0 radical (unpaired) electrons. The van der Waals surface area contributed by atoms with E-state index in [1.807, 2.05) is 62.4 Å². The molecule has 1 saturated heterocycles. The van der Waals surface area contributed by atoms with Crippen molar-refractivity contribution in [3.63, 3.8) is 0 Å². The molecule has 1 amide bonds. The van der Waals surface area contributed by atoms with Crippen LogP contribution < -0.4 is 9.64 Å². The molecule has 5 heteroatoms. The van der Waals surface area contributed by atoms with E-state index in [1.54, 1.807) is 12.0 Å². The molecule has 1 fully saturated rings. The lowest BCUT2D eigenvalue weighted by atomic mass is 10.1. The Balaban J connectivity index is 1.97. The molecule has 3 rings (SSSR count). The first kappa shape index (κ1) is 16.7. The van der Waals surface area contributed by atoms with E-state index in [1.165, 1.54) is 11.8 Å². The van der Waals surface area contributed by atoms with Gasteiger partial charge in [-0.25, -0.2) is 0 Å². The van der Waals surface area contributed by atoms with Crippen LogP contribution in [0.5, 0.6) is 5.75 Å². The number of aryl methyl sites for hydroxylation is 2. The molecule has 2 aromatic rings. The fourth-order valence-electron chi connectivity index (χ4n) is 2.52. The number of hydrogen-bond donors (Lipinski definition) is 0. The van der Waals surface area contributed by atoms with Gasteiger partial charge in [-0.3, -0.25) is 9.69 Å². The molecule has 0 N–H and O–H groups in total. The number of amides is 1. The summed E-state index contributed by atoms with van der Waals surface area (Å²) in [4.78, 5) is 15.1. The Kier molecular flexibility index (Phi) is 4.73. The van der Waals surface area contributed by atoms with Crippen molar-refractivity contribution < 1.29 is 9.53 Å². The lowest BCUT2D eigenvalue weighted by molar-refractivity contribution is -0.113. The Morgan fingerprint density at radius 3 is 2.71 bits per heavy atom. The minimum atomic E-state index is -0.0819. The van der Waals surface area contributed by atoms with Gasteiger partial charge >= 0.3 is 0 Å². The lowest BCUT2D eigenvalue weighted by Gasteiger charge is -2.17. The van der Waals surface area contributed by atoms with Gasteiger partial charge in [0.15, 0.2) is 4.32 Å². The average Bonchev–Trinajstić information content (AvgIpc) is 2.84. The van der Waals surface area contributed by atoms with Gasteiger partial charge in [-0.15, -0.1) is 0 Å². The quantitative estimate of drug-likeness (QED) is 0.589. The van der Waals surface area contributed by atoms with Gasteiger partial charge in [-0.05, 0) is 54.8 Å². The molecule has 0 aromatic heterocycles. The van der Waals surface area contributed by atoms with Crippen molar-refractivity contribution in [3.05, 3.63) is 64.1 Å². The van der Waals surface area contributed by atoms with Crippen molar-refractivity contribution >= 4 is 46.0 Å². The van der Waals surface area contributed by atoms with Crippen LogP contribution in [0.15, 0.2) is 47.4 Å². The molecule has 1 aliphatic rings. The number of benzene rings is 2. The summed E-state index contributed by atoms with van der Waals surface area (Å²) in [5.74, 6) is 0.676. The van der Waals surface area contributed by atoms with Gasteiger partial charge in [-0.2, -0.15) is 0 Å². The van der Waals surface area contributed by atoms with Crippen LogP contribution in [-0.4, -0.2) is 17.3 Å². The summed E-state index contributed by atoms with van der Waals surface area (Å²) in [5.41, 5.74) is 3.89. The molecule has 0 atom stereocenters. The highest BCUT2D eigenvalue weighted by Crippen LogP contribution is 2.37. The van der Waals surface area contributed by atoms with Crippen molar-refractivity contribution in [1.82, 2.24) is 0 Å². The van der Waals surface area contributed by atoms with Crippen LogP contribution in [0.2, 0.25) is 0 Å². The van der Waals surface area contributed by atoms with Gasteiger partial charge in [0.1, 0.15) is 5.75 Å². The second-order valence-corrected chi connectivity index (χ2v) is 7.26. The summed E-state index contributed by atoms with van der Waals surface area (Å²) in [6.07, 6.45) is 1.85. The highest BCUT2D eigenvalue weighted by atomic mass is 32.2. The first-order chi connectivity index (χ1) is 11.5. The van der Waals surface area contributed by atoms with Crippen LogP contribution in [0.3, 0.4) is 0 Å². The van der Waals surface area contributed by atoms with Crippen LogP contribution in [0.1, 0.15) is 16.7 Å². The highest BCUT2D eigenvalue weighted by molar-refractivity contribution is 8.27. The maximum absolute atomic E-state index is 12.9. The molecule has 0 aliphatic carbocycles. The fourth-order valence-corrected chi connectivity index (χ4v) is 3.80. The summed E-state index contributed by atoms with van der Waals surface area (Å²) in [6.45, 7) is 3.99. The molecule has 0 spiro atoms. The molecular formula is C19H17NO2S2. The Bertz CT molecular complexity index is 858. The average molecular weight is 355 g/mol. The molecule has 2 aromatic carbocycles. The SMILES string of the molecule is COc1cccc(/C=C2\SC(=S)N(c3cc(C)ccc3C)C2=O)c1. The molecule has 0 unspecified atom stereocenters. The van der Waals surface area contributed by atoms with Crippen LogP contribution >= 0.6 is 24.0 Å². The molecule has 1 aliphatic heterocycles. The first-order valence-electron chi connectivity index (χ1n) is 7.49. The normalized spacial score (nSPS) is 16.1. The summed E-state index contributed by atoms with van der Waals surface area (Å²) in [5, 5.41) is 0. The monoisotopic (exact) mass is 355 g/mol. The summed E-state index contributed by atoms with van der Waals surface area (Å²) in [7, 11) is 1.62. The predicted octanol–water partition coefficient (Wildman–Crippen LogP) is 4.72. The maximum atomic E-state index is 12.9. The smallest absolute Gasteiger partial charge is 0.270 e. The topological polar surface area (TPSA) is 29.5 Å². The fraction of sp³-hybridized carbons (Fsp3) is 0.158. The predicted molar refractivity (Wildman–Crippen MR) is 105 cm³/mol. The van der Waals surface area contributed by atoms with Gasteiger partial charge in [-0.1, -0.05) is 48.2 Å². The number of nitrogens with zero attached hydrogens (tertiary/aromatic N) is 1. The van der Waals surface area contributed by atoms with Gasteiger partial charge < -0.3 is 4.74 Å². The number of thioether (sulfide) groups is 1. The zero-order chi connectivity index (χ0) is 17.3. The Morgan fingerprint density at radius 2 is 1.96 bits per heavy atom. The van der Waals surface area contributed by atoms with E-state index >= 15 is 0 Å². The number of carbonyl (C=O) groups excluding carboxylic acids is 1. The van der Waals surface area contributed by atoms with Gasteiger partial charge in [0, 0.05) is 0 Å². The van der Waals surface area contributed by atoms with Crippen LogP contribution in [0.4, 0.5) is 5.69 Å². The number of anilines is 1. The lowest BCUT2D eigenvalue weighted by Crippen LogP contribution is -2.28. The van der Waals surface area contributed by atoms with Crippen molar-refractivity contribution in [2.75, 3.05) is 12.0 Å². The Morgan fingerprint density at radius 1 is 1.17 bits per heavy atom. The van der Waals surface area contributed by atoms with E-state index in [4.69, 9.17) is 17.0 Å². The molecule has 1 heterocycles. The van der Waals surface area contributed by atoms with Crippen molar-refractivity contribution in [2.45, 2.75) is 13.8 Å². The third-order valence-electron chi connectivity index (χ3n) is 3.79. The summed E-state index contributed by atoms with van der Waals surface area (Å²) in [6, 6.07) is 13.6. The zero-order valence-corrected chi connectivity index (χ0v) is 15.3. The van der Waals surface area contributed by atoms with Gasteiger partial charge in [0.25, 0.3) is 5.91 Å². The van der Waals surface area contributed by atoms with E-state index in [0.717, 1.165) is 28.1 Å². The molecule has 122 valence electrons. The Hall–Kier alpha value is -2.11. The number of ether oxygens (including phenoxy) is 1. The van der Waals surface area contributed by atoms with Crippen molar-refractivity contribution in [1.29, 1.82) is 0 Å².